The lowest BCUT2D eigenvalue weighted by molar-refractivity contribution is 0.0362. The van der Waals surface area contributed by atoms with E-state index in [4.69, 9.17) is 14.2 Å². The molecule has 0 atom stereocenters. The first-order chi connectivity index (χ1) is 10.9. The third kappa shape index (κ3) is 7.40. The third-order valence-electron chi connectivity index (χ3n) is 3.04. The van der Waals surface area contributed by atoms with Crippen molar-refractivity contribution >= 4 is 5.97 Å². The molecule has 0 aliphatic carbocycles. The average Bonchev–Trinajstić information content (AvgIpc) is 2.50. The molecule has 0 heterocycles. The van der Waals surface area contributed by atoms with E-state index in [1.165, 1.54) is 0 Å². The molecule has 0 saturated carbocycles. The smallest absolute Gasteiger partial charge is 0.341 e. The number of ether oxygens (including phenoxy) is 3. The van der Waals surface area contributed by atoms with Crippen LogP contribution in [0.25, 0.3) is 0 Å². The van der Waals surface area contributed by atoms with Crippen LogP contribution >= 0.6 is 0 Å². The van der Waals surface area contributed by atoms with E-state index in [0.717, 1.165) is 19.3 Å². The maximum Gasteiger partial charge on any atom is 0.341 e. The van der Waals surface area contributed by atoms with Gasteiger partial charge >= 0.3 is 5.97 Å². The Morgan fingerprint density at radius 1 is 1.04 bits per heavy atom. The zero-order valence-corrected chi connectivity index (χ0v) is 15.1. The highest BCUT2D eigenvalue weighted by molar-refractivity contribution is 5.92. The van der Waals surface area contributed by atoms with Crippen LogP contribution in [0.1, 0.15) is 64.2 Å². The number of hydrogen-bond acceptors (Lipinski definition) is 4. The van der Waals surface area contributed by atoms with Crippen LogP contribution < -0.4 is 9.47 Å². The molecule has 1 rings (SSSR count). The molecule has 0 aliphatic heterocycles. The fourth-order valence-corrected chi connectivity index (χ4v) is 1.79. The van der Waals surface area contributed by atoms with Crippen LogP contribution in [0.3, 0.4) is 0 Å². The molecular weight excluding hydrogens is 292 g/mol. The van der Waals surface area contributed by atoms with Gasteiger partial charge in [-0.25, -0.2) is 4.79 Å². The second-order valence-electron chi connectivity index (χ2n) is 6.85. The van der Waals surface area contributed by atoms with Crippen molar-refractivity contribution in [2.75, 3.05) is 19.8 Å². The number of benzene rings is 1. The normalized spacial score (nSPS) is 11.2. The van der Waals surface area contributed by atoms with Crippen molar-refractivity contribution in [2.45, 2.75) is 53.9 Å². The minimum absolute atomic E-state index is 0.0664. The first-order valence-corrected chi connectivity index (χ1v) is 8.44. The molecule has 1 aromatic carbocycles. The quantitative estimate of drug-likeness (QED) is 0.481. The molecule has 0 bridgehead atoms. The standard InChI is InChI=1S/C19H30O4/c1-6-8-12-22-17-13-15(21-11-7-2)9-10-16(17)18(20)23-14-19(3,4)5/h9-10,13H,6-8,11-12,14H2,1-5H3. The fraction of sp³-hybridized carbons (Fsp3) is 0.632. The Kier molecular flexibility index (Phi) is 7.93. The van der Waals surface area contributed by atoms with E-state index in [0.29, 0.717) is 36.9 Å². The topological polar surface area (TPSA) is 44.8 Å². The molecule has 1 aromatic rings. The summed E-state index contributed by atoms with van der Waals surface area (Å²) in [6.45, 7) is 11.8. The molecular formula is C19H30O4. The summed E-state index contributed by atoms with van der Waals surface area (Å²) in [7, 11) is 0. The first kappa shape index (κ1) is 19.3. The van der Waals surface area contributed by atoms with Gasteiger partial charge in [-0.05, 0) is 30.4 Å². The van der Waals surface area contributed by atoms with Gasteiger partial charge in [-0.3, -0.25) is 0 Å². The maximum atomic E-state index is 12.3. The molecule has 0 fully saturated rings. The van der Waals surface area contributed by atoms with Gasteiger partial charge in [-0.15, -0.1) is 0 Å². The van der Waals surface area contributed by atoms with Crippen LogP contribution in [0.15, 0.2) is 18.2 Å². The first-order valence-electron chi connectivity index (χ1n) is 8.44. The summed E-state index contributed by atoms with van der Waals surface area (Å²) >= 11 is 0. The highest BCUT2D eigenvalue weighted by Crippen LogP contribution is 2.27. The number of carbonyl (C=O) groups excluding carboxylic acids is 1. The van der Waals surface area contributed by atoms with E-state index in [2.05, 4.69) is 13.8 Å². The van der Waals surface area contributed by atoms with E-state index in [9.17, 15) is 4.79 Å². The van der Waals surface area contributed by atoms with Gasteiger partial charge in [-0.2, -0.15) is 0 Å². The Labute approximate surface area is 140 Å². The van der Waals surface area contributed by atoms with Crippen LogP contribution in [-0.4, -0.2) is 25.8 Å². The number of unbranched alkanes of at least 4 members (excludes halogenated alkanes) is 1. The van der Waals surface area contributed by atoms with Crippen molar-refractivity contribution in [3.8, 4) is 11.5 Å². The monoisotopic (exact) mass is 322 g/mol. The lowest BCUT2D eigenvalue weighted by Crippen LogP contribution is -2.19. The zero-order valence-electron chi connectivity index (χ0n) is 15.1. The maximum absolute atomic E-state index is 12.3. The van der Waals surface area contributed by atoms with E-state index in [-0.39, 0.29) is 11.4 Å². The van der Waals surface area contributed by atoms with E-state index >= 15 is 0 Å². The summed E-state index contributed by atoms with van der Waals surface area (Å²) in [5.41, 5.74) is 0.387. The molecule has 0 N–H and O–H groups in total. The average molecular weight is 322 g/mol. The minimum atomic E-state index is -0.353. The predicted molar refractivity (Wildman–Crippen MR) is 92.4 cm³/mol. The van der Waals surface area contributed by atoms with Gasteiger partial charge in [0.05, 0.1) is 19.8 Å². The molecule has 0 aromatic heterocycles. The van der Waals surface area contributed by atoms with Crippen molar-refractivity contribution in [1.82, 2.24) is 0 Å². The number of esters is 1. The second-order valence-corrected chi connectivity index (χ2v) is 6.85. The summed E-state index contributed by atoms with van der Waals surface area (Å²) < 4.78 is 16.8. The lowest BCUT2D eigenvalue weighted by Gasteiger charge is -2.19. The second kappa shape index (κ2) is 9.43. The summed E-state index contributed by atoms with van der Waals surface area (Å²) in [4.78, 5) is 12.3. The van der Waals surface area contributed by atoms with Crippen LogP contribution in [-0.2, 0) is 4.74 Å². The minimum Gasteiger partial charge on any atom is -0.493 e. The summed E-state index contributed by atoms with van der Waals surface area (Å²) in [6, 6.07) is 5.28. The van der Waals surface area contributed by atoms with Crippen molar-refractivity contribution in [3.63, 3.8) is 0 Å². The van der Waals surface area contributed by atoms with Crippen LogP contribution in [0.2, 0.25) is 0 Å². The van der Waals surface area contributed by atoms with Crippen molar-refractivity contribution < 1.29 is 19.0 Å². The highest BCUT2D eigenvalue weighted by atomic mass is 16.5. The van der Waals surface area contributed by atoms with Crippen LogP contribution in [0.4, 0.5) is 0 Å². The summed E-state index contributed by atoms with van der Waals surface area (Å²) in [6.07, 6.45) is 2.91. The Bertz CT molecular complexity index is 489. The lowest BCUT2D eigenvalue weighted by atomic mass is 9.99. The van der Waals surface area contributed by atoms with Crippen molar-refractivity contribution in [2.24, 2.45) is 5.41 Å². The highest BCUT2D eigenvalue weighted by Gasteiger charge is 2.19. The molecule has 4 nitrogen and oxygen atoms in total. The van der Waals surface area contributed by atoms with Crippen LogP contribution in [0, 0.1) is 5.41 Å². The molecule has 23 heavy (non-hydrogen) atoms. The number of hydrogen-bond donors (Lipinski definition) is 0. The van der Waals surface area contributed by atoms with Gasteiger partial charge in [0.25, 0.3) is 0 Å². The molecule has 0 unspecified atom stereocenters. The molecule has 0 radical (unpaired) electrons. The van der Waals surface area contributed by atoms with Gasteiger partial charge < -0.3 is 14.2 Å². The molecule has 0 aliphatic rings. The SMILES string of the molecule is CCCCOc1cc(OCCC)ccc1C(=O)OCC(C)(C)C. The van der Waals surface area contributed by atoms with Crippen LogP contribution in [0.5, 0.6) is 11.5 Å². The molecule has 0 saturated heterocycles. The molecule has 0 spiro atoms. The van der Waals surface area contributed by atoms with Gasteiger partial charge in [-0.1, -0.05) is 41.0 Å². The molecule has 4 heteroatoms. The number of rotatable bonds is 9. The van der Waals surface area contributed by atoms with Gasteiger partial charge in [0.1, 0.15) is 17.1 Å². The molecule has 130 valence electrons. The Balaban J connectivity index is 2.87. The third-order valence-corrected chi connectivity index (χ3v) is 3.04. The Morgan fingerprint density at radius 3 is 2.39 bits per heavy atom. The van der Waals surface area contributed by atoms with E-state index in [1.54, 1.807) is 18.2 Å². The summed E-state index contributed by atoms with van der Waals surface area (Å²) in [5, 5.41) is 0. The zero-order chi connectivity index (χ0) is 17.3. The van der Waals surface area contributed by atoms with E-state index < -0.39 is 0 Å². The largest absolute Gasteiger partial charge is 0.493 e. The summed E-state index contributed by atoms with van der Waals surface area (Å²) in [5.74, 6) is 0.894. The van der Waals surface area contributed by atoms with Crippen molar-refractivity contribution in [1.29, 1.82) is 0 Å². The Morgan fingerprint density at radius 2 is 1.78 bits per heavy atom. The van der Waals surface area contributed by atoms with Gasteiger partial charge in [0.2, 0.25) is 0 Å². The van der Waals surface area contributed by atoms with Gasteiger partial charge in [0, 0.05) is 6.07 Å². The molecule has 0 amide bonds. The number of carbonyl (C=O) groups is 1. The van der Waals surface area contributed by atoms with Gasteiger partial charge in [0.15, 0.2) is 0 Å². The Hall–Kier alpha value is -1.71. The van der Waals surface area contributed by atoms with Crippen molar-refractivity contribution in [3.05, 3.63) is 23.8 Å². The fourth-order valence-electron chi connectivity index (χ4n) is 1.79. The predicted octanol–water partition coefficient (Wildman–Crippen LogP) is 4.86. The van der Waals surface area contributed by atoms with E-state index in [1.807, 2.05) is 20.8 Å².